The highest BCUT2D eigenvalue weighted by Gasteiger charge is 2.19. The van der Waals surface area contributed by atoms with E-state index in [9.17, 15) is 19.2 Å². The van der Waals surface area contributed by atoms with E-state index in [0.29, 0.717) is 32.5 Å². The Hall–Kier alpha value is -1.81. The van der Waals surface area contributed by atoms with Gasteiger partial charge in [0.25, 0.3) is 0 Å². The van der Waals surface area contributed by atoms with E-state index in [2.05, 4.69) is 48.8 Å². The van der Waals surface area contributed by atoms with Crippen LogP contribution in [0.1, 0.15) is 191 Å². The van der Waals surface area contributed by atoms with E-state index in [0.717, 1.165) is 64.6 Å². The average Bonchev–Trinajstić information content (AvgIpc) is 3.20. The topological polar surface area (TPSA) is 127 Å². The number of unbranched alkanes of at least 4 members (excludes halogenated alkanes) is 10. The first-order valence-electron chi connectivity index (χ1n) is 22.8. The molecule has 340 valence electrons. The molecular formula is C45H90NO10P. The Balaban J connectivity index is -0.00000176. The summed E-state index contributed by atoms with van der Waals surface area (Å²) in [5.74, 6) is -1.64. The van der Waals surface area contributed by atoms with Gasteiger partial charge >= 0.3 is 23.9 Å². The van der Waals surface area contributed by atoms with E-state index < -0.39 is 18.2 Å². The molecule has 0 saturated carbocycles. The predicted molar refractivity (Wildman–Crippen MR) is 236 cm³/mol. The molecule has 11 nitrogen and oxygen atoms in total. The fraction of sp³-hybridized carbons (Fsp3) is 0.911. The lowest BCUT2D eigenvalue weighted by Gasteiger charge is -2.20. The standard InChI is InChI=1S/C34H65NO8.C9H19O2P.C2H6/c1-6-10-12-14-16-18-25-39-34(40-26-19-17-15-13-11-7-2)23-22-33(38)43-29-31(27-41-30(5)36)28-42-32(37)21-20-24-35(8-3)9-4;1-4-6-8(12)9(10)11-7(3)5-2;1-2/h31,34H,6-29H2,1-5H3;7-8H,4-6,12H2,1-3H3;1-2H3. The third-order valence-corrected chi connectivity index (χ3v) is 9.82. The third-order valence-electron chi connectivity index (χ3n) is 9.21. The molecule has 0 saturated heterocycles. The number of nitrogens with zero attached hydrogens (tertiary/aromatic N) is 1. The van der Waals surface area contributed by atoms with Gasteiger partial charge in [0.1, 0.15) is 19.8 Å². The largest absolute Gasteiger partial charge is 0.465 e. The molecule has 0 aromatic heterocycles. The Kier molecular flexibility index (Phi) is 47.3. The van der Waals surface area contributed by atoms with Crippen molar-refractivity contribution in [2.45, 2.75) is 209 Å². The quantitative estimate of drug-likeness (QED) is 0.0197. The molecule has 0 aromatic rings. The maximum absolute atomic E-state index is 12.6. The smallest absolute Gasteiger partial charge is 0.313 e. The lowest BCUT2D eigenvalue weighted by molar-refractivity contribution is -0.162. The Morgan fingerprint density at radius 1 is 0.596 bits per heavy atom. The van der Waals surface area contributed by atoms with Gasteiger partial charge in [-0.2, -0.15) is 0 Å². The van der Waals surface area contributed by atoms with Crippen LogP contribution in [-0.2, 0) is 47.6 Å². The van der Waals surface area contributed by atoms with Gasteiger partial charge in [-0.15, -0.1) is 9.24 Å². The zero-order valence-corrected chi connectivity index (χ0v) is 39.7. The summed E-state index contributed by atoms with van der Waals surface area (Å²) in [7, 11) is 2.53. The summed E-state index contributed by atoms with van der Waals surface area (Å²) in [6, 6.07) is 0. The molecule has 0 amide bonds. The van der Waals surface area contributed by atoms with Crippen molar-refractivity contribution in [1.29, 1.82) is 0 Å². The van der Waals surface area contributed by atoms with E-state index in [-0.39, 0.29) is 55.9 Å². The molecule has 0 heterocycles. The minimum absolute atomic E-state index is 0.000736. The lowest BCUT2D eigenvalue weighted by atomic mass is 10.1. The van der Waals surface area contributed by atoms with E-state index >= 15 is 0 Å². The molecule has 0 bridgehead atoms. The summed E-state index contributed by atoms with van der Waals surface area (Å²) in [4.78, 5) is 49.7. The SMILES string of the molecule is CC.CCCC(P)C(=O)OC(C)CC.CCCCCCCCOC(CCC(=O)OCC(COC(C)=O)COC(=O)CCCN(CC)CC)OCCCCCCCC. The van der Waals surface area contributed by atoms with Crippen LogP contribution in [0.4, 0.5) is 0 Å². The van der Waals surface area contributed by atoms with Gasteiger partial charge in [-0.1, -0.05) is 126 Å². The summed E-state index contributed by atoms with van der Waals surface area (Å²) in [6.07, 6.45) is 18.2. The number of carbonyl (C=O) groups excluding carboxylic acids is 4. The number of rotatable bonds is 36. The number of carbonyl (C=O) groups is 4. The molecule has 0 spiro atoms. The van der Waals surface area contributed by atoms with Crippen molar-refractivity contribution >= 4 is 33.1 Å². The molecule has 4 unspecified atom stereocenters. The molecule has 0 aliphatic carbocycles. The third kappa shape index (κ3) is 42.1. The van der Waals surface area contributed by atoms with E-state index in [1.165, 1.54) is 58.3 Å². The minimum atomic E-state index is -0.437. The molecular weight excluding hydrogens is 745 g/mol. The van der Waals surface area contributed by atoms with Crippen molar-refractivity contribution in [2.75, 3.05) is 52.7 Å². The summed E-state index contributed by atoms with van der Waals surface area (Å²) >= 11 is 0. The highest BCUT2D eigenvalue weighted by atomic mass is 31.0. The number of hydrogen-bond donors (Lipinski definition) is 0. The van der Waals surface area contributed by atoms with Crippen molar-refractivity contribution in [3.63, 3.8) is 0 Å². The number of esters is 4. The van der Waals surface area contributed by atoms with Crippen LogP contribution >= 0.6 is 9.24 Å². The average molecular weight is 836 g/mol. The summed E-state index contributed by atoms with van der Waals surface area (Å²) in [5, 5.41) is 0. The van der Waals surface area contributed by atoms with Crippen LogP contribution in [0, 0.1) is 5.92 Å². The van der Waals surface area contributed by atoms with Gasteiger partial charge in [0.15, 0.2) is 6.29 Å². The molecule has 12 heteroatoms. The predicted octanol–water partition coefficient (Wildman–Crippen LogP) is 10.6. The Labute approximate surface area is 352 Å². The monoisotopic (exact) mass is 836 g/mol. The Bertz CT molecular complexity index is 903. The van der Waals surface area contributed by atoms with Crippen LogP contribution in [0.25, 0.3) is 0 Å². The zero-order valence-electron chi connectivity index (χ0n) is 38.5. The first-order chi connectivity index (χ1) is 27.5. The van der Waals surface area contributed by atoms with Gasteiger partial charge in [0.2, 0.25) is 0 Å². The van der Waals surface area contributed by atoms with Crippen molar-refractivity contribution in [1.82, 2.24) is 4.90 Å². The second-order valence-corrected chi connectivity index (χ2v) is 15.3. The maximum Gasteiger partial charge on any atom is 0.313 e. The van der Waals surface area contributed by atoms with Crippen molar-refractivity contribution in [2.24, 2.45) is 5.92 Å². The summed E-state index contributed by atoms with van der Waals surface area (Å²) < 4.78 is 33.2. The van der Waals surface area contributed by atoms with Gasteiger partial charge in [-0.25, -0.2) is 0 Å². The summed E-state index contributed by atoms with van der Waals surface area (Å²) in [6.45, 7) is 23.9. The van der Waals surface area contributed by atoms with Crippen LogP contribution in [-0.4, -0.2) is 99.5 Å². The highest BCUT2D eigenvalue weighted by molar-refractivity contribution is 7.19. The van der Waals surface area contributed by atoms with E-state index in [4.69, 9.17) is 28.4 Å². The Morgan fingerprint density at radius 3 is 1.53 bits per heavy atom. The number of hydrogen-bond acceptors (Lipinski definition) is 11. The van der Waals surface area contributed by atoms with Gasteiger partial charge in [0, 0.05) is 33.0 Å². The van der Waals surface area contributed by atoms with Gasteiger partial charge in [0.05, 0.1) is 24.1 Å². The molecule has 0 aliphatic heterocycles. The fourth-order valence-corrected chi connectivity index (χ4v) is 5.79. The zero-order chi connectivity index (χ0) is 43.5. The van der Waals surface area contributed by atoms with Gasteiger partial charge in [-0.3, -0.25) is 19.2 Å². The van der Waals surface area contributed by atoms with Crippen LogP contribution in [0.2, 0.25) is 0 Å². The molecule has 0 radical (unpaired) electrons. The highest BCUT2D eigenvalue weighted by Crippen LogP contribution is 2.14. The van der Waals surface area contributed by atoms with Crippen LogP contribution in [0.15, 0.2) is 0 Å². The molecule has 4 atom stereocenters. The van der Waals surface area contributed by atoms with Crippen LogP contribution in [0.3, 0.4) is 0 Å². The van der Waals surface area contributed by atoms with E-state index in [1.54, 1.807) is 0 Å². The molecule has 0 rings (SSSR count). The van der Waals surface area contributed by atoms with E-state index in [1.807, 2.05) is 27.7 Å². The molecule has 0 aromatic carbocycles. The normalized spacial score (nSPS) is 12.4. The first kappa shape index (κ1) is 59.5. The minimum Gasteiger partial charge on any atom is -0.465 e. The number of ether oxygens (including phenoxy) is 6. The maximum atomic E-state index is 12.6. The summed E-state index contributed by atoms with van der Waals surface area (Å²) in [5.41, 5.74) is -0.0241. The molecule has 57 heavy (non-hydrogen) atoms. The molecule has 0 fully saturated rings. The molecule has 0 N–H and O–H groups in total. The van der Waals surface area contributed by atoms with Crippen LogP contribution < -0.4 is 0 Å². The molecule has 0 aliphatic rings. The first-order valence-corrected chi connectivity index (χ1v) is 23.5. The second kappa shape index (κ2) is 45.3. The second-order valence-electron chi connectivity index (χ2n) is 14.5. The lowest BCUT2D eigenvalue weighted by Crippen LogP contribution is -2.27. The van der Waals surface area contributed by atoms with Crippen molar-refractivity contribution in [3.8, 4) is 0 Å². The van der Waals surface area contributed by atoms with Crippen molar-refractivity contribution < 1.29 is 47.6 Å². The van der Waals surface area contributed by atoms with Gasteiger partial charge < -0.3 is 33.3 Å². The fourth-order valence-electron chi connectivity index (χ4n) is 5.38. The van der Waals surface area contributed by atoms with Crippen LogP contribution in [0.5, 0.6) is 0 Å². The van der Waals surface area contributed by atoms with Crippen molar-refractivity contribution in [3.05, 3.63) is 0 Å². The Morgan fingerprint density at radius 2 is 1.07 bits per heavy atom. The van der Waals surface area contributed by atoms with Gasteiger partial charge in [-0.05, 0) is 58.7 Å².